The molecule has 0 unspecified atom stereocenters. The Balaban J connectivity index is 1.63. The zero-order chi connectivity index (χ0) is 18.2. The summed E-state index contributed by atoms with van der Waals surface area (Å²) in [6.45, 7) is 0. The third-order valence-corrected chi connectivity index (χ3v) is 4.34. The molecule has 0 amide bonds. The summed E-state index contributed by atoms with van der Waals surface area (Å²) in [5.41, 5.74) is 3.66. The van der Waals surface area contributed by atoms with Crippen molar-refractivity contribution in [2.45, 2.75) is 0 Å². The fraction of sp³-hybridized carbons (Fsp3) is 0. The minimum Gasteiger partial charge on any atom is -0.461 e. The van der Waals surface area contributed by atoms with Crippen molar-refractivity contribution in [3.8, 4) is 16.9 Å². The first-order valence-corrected chi connectivity index (χ1v) is 8.31. The Hall–Kier alpha value is -4.00. The predicted molar refractivity (Wildman–Crippen MR) is 97.7 cm³/mol. The van der Waals surface area contributed by atoms with E-state index < -0.39 is 0 Å². The van der Waals surface area contributed by atoms with Crippen LogP contribution in [0.15, 0.2) is 84.3 Å². The van der Waals surface area contributed by atoms with E-state index in [1.165, 1.54) is 12.5 Å². The quantitative estimate of drug-likeness (QED) is 0.462. The molecule has 4 heterocycles. The van der Waals surface area contributed by atoms with E-state index in [4.69, 9.17) is 4.42 Å². The lowest BCUT2D eigenvalue weighted by atomic mass is 10.1. The number of imidazole rings is 1. The highest BCUT2D eigenvalue weighted by atomic mass is 16.3. The molecule has 0 atom stereocenters. The van der Waals surface area contributed by atoms with E-state index in [1.54, 1.807) is 35.4 Å². The zero-order valence-electron chi connectivity index (χ0n) is 14.1. The molecule has 7 heteroatoms. The Morgan fingerprint density at radius 2 is 2.04 bits per heavy atom. The number of fused-ring (bicyclic) bond motifs is 1. The summed E-state index contributed by atoms with van der Waals surface area (Å²) in [4.78, 5) is 21.1. The van der Waals surface area contributed by atoms with Crippen LogP contribution >= 0.6 is 0 Å². The molecular weight excluding hydrogens is 342 g/mol. The van der Waals surface area contributed by atoms with Gasteiger partial charge in [-0.15, -0.1) is 0 Å². The van der Waals surface area contributed by atoms with Gasteiger partial charge in [0.1, 0.15) is 0 Å². The van der Waals surface area contributed by atoms with Gasteiger partial charge in [0.2, 0.25) is 5.78 Å². The van der Waals surface area contributed by atoms with Gasteiger partial charge in [-0.05, 0) is 30.3 Å². The van der Waals surface area contributed by atoms with Crippen LogP contribution in [0.2, 0.25) is 0 Å². The van der Waals surface area contributed by atoms with Gasteiger partial charge in [0.25, 0.3) is 0 Å². The second-order valence-electron chi connectivity index (χ2n) is 5.95. The van der Waals surface area contributed by atoms with Crippen LogP contribution in [0.3, 0.4) is 0 Å². The highest BCUT2D eigenvalue weighted by Gasteiger charge is 2.19. The zero-order valence-corrected chi connectivity index (χ0v) is 14.1. The summed E-state index contributed by atoms with van der Waals surface area (Å²) in [6.07, 6.45) is 10.0. The van der Waals surface area contributed by atoms with Gasteiger partial charge in [-0.25, -0.2) is 14.5 Å². The largest absolute Gasteiger partial charge is 0.461 e. The minimum atomic E-state index is -0.244. The van der Waals surface area contributed by atoms with E-state index in [0.717, 1.165) is 16.9 Å². The van der Waals surface area contributed by atoms with Crippen LogP contribution in [0.1, 0.15) is 16.1 Å². The van der Waals surface area contributed by atoms with Gasteiger partial charge < -0.3 is 8.98 Å². The molecule has 5 rings (SSSR count). The van der Waals surface area contributed by atoms with Gasteiger partial charge in [-0.3, -0.25) is 4.79 Å². The van der Waals surface area contributed by atoms with E-state index in [2.05, 4.69) is 15.1 Å². The SMILES string of the molecule is O=C(c1ccco1)c1cnn2c(-c3cccc(-n4ccnc4)c3)ccnc12. The van der Waals surface area contributed by atoms with Crippen molar-refractivity contribution in [3.63, 3.8) is 0 Å². The molecule has 0 radical (unpaired) electrons. The molecule has 0 saturated heterocycles. The number of ketones is 1. The van der Waals surface area contributed by atoms with Crippen molar-refractivity contribution in [1.82, 2.24) is 24.1 Å². The first-order chi connectivity index (χ1) is 13.3. The van der Waals surface area contributed by atoms with E-state index >= 15 is 0 Å². The number of furan rings is 1. The molecule has 0 aliphatic carbocycles. The van der Waals surface area contributed by atoms with Crippen LogP contribution in [0.4, 0.5) is 0 Å². The first-order valence-electron chi connectivity index (χ1n) is 8.31. The number of benzene rings is 1. The maximum atomic E-state index is 12.6. The Morgan fingerprint density at radius 3 is 2.85 bits per heavy atom. The Labute approximate surface area is 153 Å². The van der Waals surface area contributed by atoms with E-state index in [1.807, 2.05) is 41.1 Å². The Bertz CT molecular complexity index is 1240. The van der Waals surface area contributed by atoms with Gasteiger partial charge in [0, 0.05) is 29.8 Å². The van der Waals surface area contributed by atoms with Crippen LogP contribution < -0.4 is 0 Å². The summed E-state index contributed by atoms with van der Waals surface area (Å²) in [6, 6.07) is 13.2. The van der Waals surface area contributed by atoms with Gasteiger partial charge >= 0.3 is 0 Å². The Morgan fingerprint density at radius 1 is 1.07 bits per heavy atom. The van der Waals surface area contributed by atoms with Gasteiger partial charge in [-0.2, -0.15) is 5.10 Å². The minimum absolute atomic E-state index is 0.244. The maximum Gasteiger partial charge on any atom is 0.233 e. The summed E-state index contributed by atoms with van der Waals surface area (Å²) >= 11 is 0. The topological polar surface area (TPSA) is 78.2 Å². The van der Waals surface area contributed by atoms with Crippen LogP contribution in [-0.4, -0.2) is 29.9 Å². The second-order valence-corrected chi connectivity index (χ2v) is 5.95. The average Bonchev–Trinajstić information content (AvgIpc) is 3.49. The molecule has 0 saturated carbocycles. The molecule has 1 aromatic carbocycles. The lowest BCUT2D eigenvalue weighted by Gasteiger charge is -2.08. The lowest BCUT2D eigenvalue weighted by Crippen LogP contribution is -2.02. The predicted octanol–water partition coefficient (Wildman–Crippen LogP) is 3.41. The number of carbonyl (C=O) groups excluding carboxylic acids is 1. The molecule has 0 fully saturated rings. The average molecular weight is 355 g/mol. The standard InChI is InChI=1S/C20H13N5O2/c26-19(18-5-2-10-27-18)16-12-23-25-17(6-7-22-20(16)25)14-3-1-4-15(11-14)24-9-8-21-13-24/h1-13H. The van der Waals surface area contributed by atoms with Crippen LogP contribution in [0, 0.1) is 0 Å². The third kappa shape index (κ3) is 2.53. The third-order valence-electron chi connectivity index (χ3n) is 4.34. The van der Waals surface area contributed by atoms with Crippen LogP contribution in [-0.2, 0) is 0 Å². The number of carbonyl (C=O) groups is 1. The lowest BCUT2D eigenvalue weighted by molar-refractivity contribution is 0.101. The summed E-state index contributed by atoms with van der Waals surface area (Å²) in [5, 5.41) is 4.39. The normalized spacial score (nSPS) is 11.1. The second kappa shape index (κ2) is 6.06. The van der Waals surface area contributed by atoms with Gasteiger partial charge in [-0.1, -0.05) is 12.1 Å². The van der Waals surface area contributed by atoms with E-state index in [-0.39, 0.29) is 11.5 Å². The molecule has 0 N–H and O–H groups in total. The molecule has 0 spiro atoms. The monoisotopic (exact) mass is 355 g/mol. The fourth-order valence-corrected chi connectivity index (χ4v) is 3.05. The van der Waals surface area contributed by atoms with E-state index in [9.17, 15) is 4.79 Å². The molecule has 4 aromatic heterocycles. The molecule has 27 heavy (non-hydrogen) atoms. The van der Waals surface area contributed by atoms with Crippen LogP contribution in [0.5, 0.6) is 0 Å². The number of hydrogen-bond acceptors (Lipinski definition) is 5. The number of rotatable bonds is 4. The number of aromatic nitrogens is 5. The molecular formula is C20H13N5O2. The highest BCUT2D eigenvalue weighted by Crippen LogP contribution is 2.24. The first kappa shape index (κ1) is 15.3. The van der Waals surface area contributed by atoms with Crippen molar-refractivity contribution in [2.75, 3.05) is 0 Å². The molecule has 0 bridgehead atoms. The van der Waals surface area contributed by atoms with Crippen molar-refractivity contribution < 1.29 is 9.21 Å². The summed E-state index contributed by atoms with van der Waals surface area (Å²) in [5.74, 6) is 0.0195. The van der Waals surface area contributed by atoms with Crippen molar-refractivity contribution in [2.24, 2.45) is 0 Å². The van der Waals surface area contributed by atoms with Crippen LogP contribution in [0.25, 0.3) is 22.6 Å². The van der Waals surface area contributed by atoms with Crippen molar-refractivity contribution in [3.05, 3.63) is 91.2 Å². The molecule has 5 aromatic rings. The van der Waals surface area contributed by atoms with E-state index in [0.29, 0.717) is 11.2 Å². The fourth-order valence-electron chi connectivity index (χ4n) is 3.05. The molecule has 0 aliphatic heterocycles. The maximum absolute atomic E-state index is 12.6. The Kier molecular flexibility index (Phi) is 3.43. The number of nitrogens with zero attached hydrogens (tertiary/aromatic N) is 5. The molecule has 130 valence electrons. The van der Waals surface area contributed by atoms with Gasteiger partial charge in [0.15, 0.2) is 11.4 Å². The molecule has 0 aliphatic rings. The summed E-state index contributed by atoms with van der Waals surface area (Å²) in [7, 11) is 0. The van der Waals surface area contributed by atoms with Crippen molar-refractivity contribution >= 4 is 11.4 Å². The smallest absolute Gasteiger partial charge is 0.233 e. The highest BCUT2D eigenvalue weighted by molar-refractivity contribution is 6.10. The van der Waals surface area contributed by atoms with Crippen molar-refractivity contribution in [1.29, 1.82) is 0 Å². The summed E-state index contributed by atoms with van der Waals surface area (Å²) < 4.78 is 8.81. The molecule has 7 nitrogen and oxygen atoms in total. The van der Waals surface area contributed by atoms with Gasteiger partial charge in [0.05, 0.1) is 30.0 Å². The number of hydrogen-bond donors (Lipinski definition) is 0.